The van der Waals surface area contributed by atoms with Gasteiger partial charge in [0.05, 0.1) is 5.92 Å². The van der Waals surface area contributed by atoms with Gasteiger partial charge in [-0.3, -0.25) is 9.69 Å². The number of amides is 1. The minimum Gasteiger partial charge on any atom is -0.356 e. The molecular weight excluding hydrogens is 350 g/mol. The van der Waals surface area contributed by atoms with Crippen LogP contribution in [0.3, 0.4) is 0 Å². The predicted octanol–water partition coefficient (Wildman–Crippen LogP) is 2.87. The van der Waals surface area contributed by atoms with Crippen LogP contribution in [0.5, 0.6) is 0 Å². The molecule has 1 atom stereocenters. The summed E-state index contributed by atoms with van der Waals surface area (Å²) in [7, 11) is 0. The number of carbonyl (C=O) groups is 1. The van der Waals surface area contributed by atoms with Crippen LogP contribution in [0, 0.1) is 12.8 Å². The number of aryl methyl sites for hydroxylation is 1. The fraction of sp³-hybridized carbons (Fsp3) is 0.773. The molecule has 3 aliphatic rings. The van der Waals surface area contributed by atoms with E-state index in [1.807, 2.05) is 6.92 Å². The van der Waals surface area contributed by atoms with Crippen LogP contribution in [0.15, 0.2) is 6.07 Å². The second-order valence-corrected chi connectivity index (χ2v) is 9.19. The number of hydrogen-bond acceptors (Lipinski definition) is 5. The molecule has 3 heterocycles. The molecule has 2 saturated heterocycles. The lowest BCUT2D eigenvalue weighted by Crippen LogP contribution is -2.51. The second kappa shape index (κ2) is 8.36. The van der Waals surface area contributed by atoms with Crippen LogP contribution in [-0.2, 0) is 4.79 Å². The van der Waals surface area contributed by atoms with Crippen molar-refractivity contribution in [1.82, 2.24) is 20.2 Å². The van der Waals surface area contributed by atoms with E-state index in [9.17, 15) is 4.79 Å². The molecule has 0 aromatic carbocycles. The number of aromatic nitrogens is 2. The number of anilines is 1. The van der Waals surface area contributed by atoms with Gasteiger partial charge >= 0.3 is 0 Å². The predicted molar refractivity (Wildman–Crippen MR) is 112 cm³/mol. The number of piperidine rings is 2. The lowest BCUT2D eigenvalue weighted by atomic mass is 9.93. The van der Waals surface area contributed by atoms with Crippen molar-refractivity contribution >= 4 is 11.7 Å². The first-order valence-electron chi connectivity index (χ1n) is 11.1. The summed E-state index contributed by atoms with van der Waals surface area (Å²) in [6, 6.07) is 3.23. The Kier molecular flexibility index (Phi) is 5.85. The fourth-order valence-electron chi connectivity index (χ4n) is 4.59. The van der Waals surface area contributed by atoms with Gasteiger partial charge in [0.25, 0.3) is 0 Å². The summed E-state index contributed by atoms with van der Waals surface area (Å²) in [5, 5.41) is 3.21. The van der Waals surface area contributed by atoms with Gasteiger partial charge in [0.1, 0.15) is 11.6 Å². The number of nitrogens with zero attached hydrogens (tertiary/aromatic N) is 4. The van der Waals surface area contributed by atoms with Gasteiger partial charge in [-0.1, -0.05) is 13.8 Å². The fourth-order valence-corrected chi connectivity index (χ4v) is 4.59. The van der Waals surface area contributed by atoms with Crippen molar-refractivity contribution in [1.29, 1.82) is 0 Å². The Hall–Kier alpha value is -1.69. The van der Waals surface area contributed by atoms with Gasteiger partial charge in [-0.2, -0.15) is 0 Å². The zero-order valence-electron chi connectivity index (χ0n) is 17.7. The standard InChI is InChI=1S/C22H35N5O/c1-15(2)20-13-21(24-16(3)23-20)26-11-8-19(9-12-26)27-10-4-5-17(14-27)22(28)25-18-6-7-18/h13,15,17-19H,4-12,14H2,1-3H3,(H,25,28). The van der Waals surface area contributed by atoms with E-state index in [2.05, 4.69) is 40.0 Å². The maximum Gasteiger partial charge on any atom is 0.224 e. The number of hydrogen-bond donors (Lipinski definition) is 1. The van der Waals surface area contributed by atoms with Crippen LogP contribution in [0.1, 0.15) is 69.8 Å². The zero-order chi connectivity index (χ0) is 19.7. The highest BCUT2D eigenvalue weighted by atomic mass is 16.2. The quantitative estimate of drug-likeness (QED) is 0.844. The Morgan fingerprint density at radius 1 is 1.11 bits per heavy atom. The van der Waals surface area contributed by atoms with Gasteiger partial charge in [-0.05, 0) is 57.9 Å². The lowest BCUT2D eigenvalue weighted by molar-refractivity contribution is -0.127. The van der Waals surface area contributed by atoms with Crippen molar-refractivity contribution in [3.05, 3.63) is 17.6 Å². The third kappa shape index (κ3) is 4.65. The normalized spacial score (nSPS) is 24.6. The SMILES string of the molecule is Cc1nc(C(C)C)cc(N2CCC(N3CCCC(C(=O)NC4CC4)C3)CC2)n1. The summed E-state index contributed by atoms with van der Waals surface area (Å²) in [6.07, 6.45) is 6.83. The van der Waals surface area contributed by atoms with Crippen molar-refractivity contribution < 1.29 is 4.79 Å². The number of rotatable bonds is 5. The highest BCUT2D eigenvalue weighted by Crippen LogP contribution is 2.28. The minimum absolute atomic E-state index is 0.186. The maximum atomic E-state index is 12.5. The molecule has 154 valence electrons. The molecule has 6 heteroatoms. The summed E-state index contributed by atoms with van der Waals surface area (Å²) in [4.78, 5) is 26.8. The average molecular weight is 386 g/mol. The second-order valence-electron chi connectivity index (χ2n) is 9.19. The molecule has 0 radical (unpaired) electrons. The van der Waals surface area contributed by atoms with Crippen molar-refractivity contribution in [2.75, 3.05) is 31.1 Å². The first-order chi connectivity index (χ1) is 13.5. The highest BCUT2D eigenvalue weighted by Gasteiger charge is 2.34. The smallest absolute Gasteiger partial charge is 0.224 e. The van der Waals surface area contributed by atoms with Crippen LogP contribution in [0.2, 0.25) is 0 Å². The van der Waals surface area contributed by atoms with E-state index in [-0.39, 0.29) is 5.92 Å². The third-order valence-corrected chi connectivity index (χ3v) is 6.49. The molecule has 3 fully saturated rings. The van der Waals surface area contributed by atoms with Gasteiger partial charge < -0.3 is 10.2 Å². The van der Waals surface area contributed by atoms with E-state index in [0.717, 1.165) is 69.2 Å². The Bertz CT molecular complexity index is 694. The molecule has 0 bridgehead atoms. The lowest BCUT2D eigenvalue weighted by Gasteiger charge is -2.42. The zero-order valence-corrected chi connectivity index (χ0v) is 17.7. The molecule has 1 unspecified atom stereocenters. The maximum absolute atomic E-state index is 12.5. The molecule has 1 aromatic heterocycles. The molecule has 1 amide bonds. The molecule has 1 N–H and O–H groups in total. The highest BCUT2D eigenvalue weighted by molar-refractivity contribution is 5.79. The van der Waals surface area contributed by atoms with Gasteiger partial charge in [-0.25, -0.2) is 9.97 Å². The van der Waals surface area contributed by atoms with E-state index in [1.54, 1.807) is 0 Å². The van der Waals surface area contributed by atoms with Crippen molar-refractivity contribution in [3.8, 4) is 0 Å². The first-order valence-corrected chi connectivity index (χ1v) is 11.1. The molecular formula is C22H35N5O. The summed E-state index contributed by atoms with van der Waals surface area (Å²) in [5.74, 6) is 2.84. The first kappa shape index (κ1) is 19.6. The molecule has 4 rings (SSSR count). The van der Waals surface area contributed by atoms with Gasteiger partial charge in [-0.15, -0.1) is 0 Å². The average Bonchev–Trinajstić information content (AvgIpc) is 3.51. The molecule has 1 aromatic rings. The largest absolute Gasteiger partial charge is 0.356 e. The van der Waals surface area contributed by atoms with E-state index in [1.165, 1.54) is 12.8 Å². The van der Waals surface area contributed by atoms with Crippen LogP contribution in [0.4, 0.5) is 5.82 Å². The summed E-state index contributed by atoms with van der Waals surface area (Å²) >= 11 is 0. The van der Waals surface area contributed by atoms with E-state index < -0.39 is 0 Å². The molecule has 28 heavy (non-hydrogen) atoms. The Morgan fingerprint density at radius 2 is 1.86 bits per heavy atom. The Morgan fingerprint density at radius 3 is 2.54 bits per heavy atom. The number of carbonyl (C=O) groups excluding carboxylic acids is 1. The third-order valence-electron chi connectivity index (χ3n) is 6.49. The monoisotopic (exact) mass is 385 g/mol. The molecule has 6 nitrogen and oxygen atoms in total. The number of nitrogens with one attached hydrogen (secondary N) is 1. The molecule has 2 aliphatic heterocycles. The van der Waals surface area contributed by atoms with Crippen LogP contribution in [-0.4, -0.2) is 59.0 Å². The van der Waals surface area contributed by atoms with Crippen molar-refractivity contribution in [3.63, 3.8) is 0 Å². The van der Waals surface area contributed by atoms with Crippen molar-refractivity contribution in [2.24, 2.45) is 5.92 Å². The number of likely N-dealkylation sites (tertiary alicyclic amines) is 1. The van der Waals surface area contributed by atoms with Crippen molar-refractivity contribution in [2.45, 2.75) is 77.3 Å². The Labute approximate surface area is 169 Å². The van der Waals surface area contributed by atoms with Crippen LogP contribution in [0.25, 0.3) is 0 Å². The van der Waals surface area contributed by atoms with Gasteiger partial charge in [0.15, 0.2) is 0 Å². The summed E-state index contributed by atoms with van der Waals surface area (Å²) in [6.45, 7) is 10.5. The van der Waals surface area contributed by atoms with E-state index in [4.69, 9.17) is 4.98 Å². The molecule has 1 aliphatic carbocycles. The molecule has 0 spiro atoms. The summed E-state index contributed by atoms with van der Waals surface area (Å²) < 4.78 is 0. The Balaban J connectivity index is 1.33. The van der Waals surface area contributed by atoms with Crippen LogP contribution >= 0.6 is 0 Å². The van der Waals surface area contributed by atoms with Gasteiger partial charge in [0, 0.05) is 43.5 Å². The minimum atomic E-state index is 0.186. The van der Waals surface area contributed by atoms with Gasteiger partial charge in [0.2, 0.25) is 5.91 Å². The topological polar surface area (TPSA) is 61.4 Å². The van der Waals surface area contributed by atoms with E-state index in [0.29, 0.717) is 23.9 Å². The summed E-state index contributed by atoms with van der Waals surface area (Å²) in [5.41, 5.74) is 1.13. The van der Waals surface area contributed by atoms with Crippen LogP contribution < -0.4 is 10.2 Å². The molecule has 1 saturated carbocycles. The van der Waals surface area contributed by atoms with E-state index >= 15 is 0 Å².